The molecule has 0 spiro atoms. The molecule has 1 atom stereocenters. The summed E-state index contributed by atoms with van der Waals surface area (Å²) in [6, 6.07) is 18.0. The predicted octanol–water partition coefficient (Wildman–Crippen LogP) is 6.62. The molecule has 2 nitrogen and oxygen atoms in total. The monoisotopic (exact) mass is 365 g/mol. The smallest absolute Gasteiger partial charge is 0.195 e. The van der Waals surface area contributed by atoms with Crippen molar-refractivity contribution in [3.05, 3.63) is 71.4 Å². The topological polar surface area (TPSA) is 22.0 Å². The third-order valence-corrected chi connectivity index (χ3v) is 6.04. The van der Waals surface area contributed by atoms with Gasteiger partial charge < -0.3 is 4.57 Å². The van der Waals surface area contributed by atoms with E-state index < -0.39 is 0 Å². The summed E-state index contributed by atoms with van der Waals surface area (Å²) in [6.07, 6.45) is 3.52. The van der Waals surface area contributed by atoms with Gasteiger partial charge in [-0.1, -0.05) is 75.2 Å². The highest BCUT2D eigenvalue weighted by Crippen LogP contribution is 2.37. The van der Waals surface area contributed by atoms with Gasteiger partial charge in [0, 0.05) is 22.2 Å². The second-order valence-electron chi connectivity index (χ2n) is 6.59. The van der Waals surface area contributed by atoms with Crippen molar-refractivity contribution >= 4 is 28.4 Å². The number of hydrogen-bond donors (Lipinski definition) is 0. The molecule has 0 bridgehead atoms. The van der Waals surface area contributed by atoms with Gasteiger partial charge in [0.25, 0.3) is 0 Å². The van der Waals surface area contributed by atoms with Crippen molar-refractivity contribution in [2.24, 2.45) is 0 Å². The van der Waals surface area contributed by atoms with Crippen LogP contribution in [0, 0.1) is 6.92 Å². The molecule has 0 N–H and O–H groups in total. The highest BCUT2D eigenvalue weighted by Gasteiger charge is 2.24. The van der Waals surface area contributed by atoms with Gasteiger partial charge in [-0.25, -0.2) is 0 Å². The average Bonchev–Trinajstić information content (AvgIpc) is 2.97. The lowest BCUT2D eigenvalue weighted by atomic mass is 10.0. The lowest BCUT2D eigenvalue weighted by Crippen LogP contribution is -2.10. The zero-order chi connectivity index (χ0) is 18.5. The SMILES string of the molecule is CCCCC(SCC)n1c(C)c(C(=O)c2ccccc2)c2ccccc21. The normalized spacial score (nSPS) is 12.4. The molecule has 3 heteroatoms. The molecular weight excluding hydrogens is 338 g/mol. The van der Waals surface area contributed by atoms with Crippen LogP contribution in [0.3, 0.4) is 0 Å². The largest absolute Gasteiger partial charge is 0.332 e. The number of hydrogen-bond acceptors (Lipinski definition) is 2. The summed E-state index contributed by atoms with van der Waals surface area (Å²) < 4.78 is 2.40. The van der Waals surface area contributed by atoms with Crippen molar-refractivity contribution in [3.63, 3.8) is 0 Å². The molecule has 1 aromatic heterocycles. The van der Waals surface area contributed by atoms with Gasteiger partial charge in [0.1, 0.15) is 0 Å². The summed E-state index contributed by atoms with van der Waals surface area (Å²) in [5, 5.41) is 1.44. The molecule has 0 amide bonds. The second kappa shape index (κ2) is 8.59. The quantitative estimate of drug-likeness (QED) is 0.418. The fourth-order valence-corrected chi connectivity index (χ4v) is 4.78. The Morgan fingerprint density at radius 1 is 1.04 bits per heavy atom. The van der Waals surface area contributed by atoms with Gasteiger partial charge >= 0.3 is 0 Å². The van der Waals surface area contributed by atoms with Crippen molar-refractivity contribution < 1.29 is 4.79 Å². The number of fused-ring (bicyclic) bond motifs is 1. The zero-order valence-electron chi connectivity index (χ0n) is 15.9. The van der Waals surface area contributed by atoms with E-state index in [4.69, 9.17) is 0 Å². The van der Waals surface area contributed by atoms with Crippen molar-refractivity contribution in [3.8, 4) is 0 Å². The number of carbonyl (C=O) groups excluding carboxylic acids is 1. The molecular formula is C23H27NOS. The Labute approximate surface area is 160 Å². The van der Waals surface area contributed by atoms with E-state index in [1.54, 1.807) is 0 Å². The Morgan fingerprint density at radius 3 is 2.42 bits per heavy atom. The Morgan fingerprint density at radius 2 is 1.73 bits per heavy atom. The van der Waals surface area contributed by atoms with Crippen molar-refractivity contribution in [1.82, 2.24) is 4.57 Å². The highest BCUT2D eigenvalue weighted by molar-refractivity contribution is 7.99. The number of unbranched alkanes of at least 4 members (excludes halogenated alkanes) is 1. The molecule has 3 aromatic rings. The molecule has 1 unspecified atom stereocenters. The molecule has 0 aliphatic carbocycles. The van der Waals surface area contributed by atoms with E-state index >= 15 is 0 Å². The van der Waals surface area contributed by atoms with Crippen LogP contribution < -0.4 is 0 Å². The Hall–Kier alpha value is -2.00. The average molecular weight is 366 g/mol. The third-order valence-electron chi connectivity index (χ3n) is 4.87. The van der Waals surface area contributed by atoms with Crippen LogP contribution in [0.15, 0.2) is 54.6 Å². The van der Waals surface area contributed by atoms with Crippen molar-refractivity contribution in [2.75, 3.05) is 5.75 Å². The van der Waals surface area contributed by atoms with Gasteiger partial charge in [-0.15, -0.1) is 11.8 Å². The van der Waals surface area contributed by atoms with Crippen molar-refractivity contribution in [2.45, 2.75) is 45.4 Å². The maximum atomic E-state index is 13.3. The first-order chi connectivity index (χ1) is 12.7. The van der Waals surface area contributed by atoms with E-state index in [9.17, 15) is 4.79 Å². The van der Waals surface area contributed by atoms with Crippen LogP contribution in [-0.4, -0.2) is 16.1 Å². The lowest BCUT2D eigenvalue weighted by Gasteiger charge is -2.21. The van der Waals surface area contributed by atoms with Crippen LogP contribution in [0.4, 0.5) is 0 Å². The number of para-hydroxylation sites is 1. The maximum Gasteiger partial charge on any atom is 0.195 e. The molecule has 0 saturated carbocycles. The van der Waals surface area contributed by atoms with Gasteiger partial charge in [-0.05, 0) is 25.2 Å². The molecule has 0 saturated heterocycles. The first-order valence-electron chi connectivity index (χ1n) is 9.49. The van der Waals surface area contributed by atoms with Crippen LogP contribution in [0.25, 0.3) is 10.9 Å². The Balaban J connectivity index is 2.16. The van der Waals surface area contributed by atoms with E-state index in [2.05, 4.69) is 43.5 Å². The maximum absolute atomic E-state index is 13.3. The summed E-state index contributed by atoms with van der Waals surface area (Å²) in [6.45, 7) is 6.55. The van der Waals surface area contributed by atoms with E-state index in [0.29, 0.717) is 5.37 Å². The third kappa shape index (κ3) is 3.59. The van der Waals surface area contributed by atoms with E-state index in [0.717, 1.165) is 34.4 Å². The minimum Gasteiger partial charge on any atom is -0.332 e. The number of carbonyl (C=O) groups is 1. The minimum absolute atomic E-state index is 0.119. The predicted molar refractivity (Wildman–Crippen MR) is 113 cm³/mol. The molecule has 3 rings (SSSR count). The second-order valence-corrected chi connectivity index (χ2v) is 8.05. The molecule has 1 heterocycles. The Kier molecular flexibility index (Phi) is 6.20. The Bertz CT molecular complexity index is 882. The number of ketones is 1. The zero-order valence-corrected chi connectivity index (χ0v) is 16.7. The number of rotatable bonds is 8. The molecule has 0 aliphatic heterocycles. The van der Waals surface area contributed by atoms with Crippen LogP contribution in [0.1, 0.15) is 60.1 Å². The van der Waals surface area contributed by atoms with Crippen LogP contribution >= 0.6 is 11.8 Å². The van der Waals surface area contributed by atoms with E-state index in [1.165, 1.54) is 18.4 Å². The molecule has 26 heavy (non-hydrogen) atoms. The van der Waals surface area contributed by atoms with Crippen LogP contribution in [0.5, 0.6) is 0 Å². The standard InChI is InChI=1S/C23H27NOS/c1-4-6-16-21(26-5-2)24-17(3)22(19-14-10-11-15-20(19)24)23(25)18-12-8-7-9-13-18/h7-15,21H,4-6,16H2,1-3H3. The van der Waals surface area contributed by atoms with Gasteiger partial charge in [0.15, 0.2) is 5.78 Å². The van der Waals surface area contributed by atoms with Gasteiger partial charge in [0.05, 0.1) is 10.9 Å². The van der Waals surface area contributed by atoms with Gasteiger partial charge in [0.2, 0.25) is 0 Å². The fourth-order valence-electron chi connectivity index (χ4n) is 3.64. The summed E-state index contributed by atoms with van der Waals surface area (Å²) in [4.78, 5) is 13.3. The van der Waals surface area contributed by atoms with Gasteiger partial charge in [-0.3, -0.25) is 4.79 Å². The number of aromatic nitrogens is 1. The summed E-state index contributed by atoms with van der Waals surface area (Å²) >= 11 is 1.97. The van der Waals surface area contributed by atoms with Crippen LogP contribution in [0.2, 0.25) is 0 Å². The fraction of sp³-hybridized carbons (Fsp3) is 0.348. The van der Waals surface area contributed by atoms with E-state index in [1.807, 2.05) is 48.2 Å². The molecule has 0 fully saturated rings. The highest BCUT2D eigenvalue weighted by atomic mass is 32.2. The molecule has 0 radical (unpaired) electrons. The number of nitrogens with zero attached hydrogens (tertiary/aromatic N) is 1. The summed E-state index contributed by atoms with van der Waals surface area (Å²) in [5.74, 6) is 1.19. The lowest BCUT2D eigenvalue weighted by molar-refractivity contribution is 0.103. The summed E-state index contributed by atoms with van der Waals surface area (Å²) in [5.41, 5.74) is 3.87. The minimum atomic E-state index is 0.119. The van der Waals surface area contributed by atoms with Crippen LogP contribution in [-0.2, 0) is 0 Å². The molecule has 0 aliphatic rings. The molecule has 2 aromatic carbocycles. The first-order valence-corrected chi connectivity index (χ1v) is 10.5. The van der Waals surface area contributed by atoms with Crippen molar-refractivity contribution in [1.29, 1.82) is 0 Å². The van der Waals surface area contributed by atoms with E-state index in [-0.39, 0.29) is 5.78 Å². The summed E-state index contributed by atoms with van der Waals surface area (Å²) in [7, 11) is 0. The number of thioether (sulfide) groups is 1. The molecule has 136 valence electrons. The van der Waals surface area contributed by atoms with Gasteiger partial charge in [-0.2, -0.15) is 0 Å². The first kappa shape index (κ1) is 18.8. The number of benzene rings is 2.